The summed E-state index contributed by atoms with van der Waals surface area (Å²) in [5.74, 6) is 0.838. The van der Waals surface area contributed by atoms with Crippen molar-refractivity contribution < 1.29 is 4.84 Å². The van der Waals surface area contributed by atoms with Gasteiger partial charge in [0.05, 0.1) is 0 Å². The molecule has 1 aliphatic rings. The van der Waals surface area contributed by atoms with E-state index in [0.717, 1.165) is 19.2 Å². The highest BCUT2D eigenvalue weighted by molar-refractivity contribution is 4.51. The lowest BCUT2D eigenvalue weighted by molar-refractivity contribution is 0.195. The molecule has 2 heteroatoms. The molecule has 0 bridgehead atoms. The van der Waals surface area contributed by atoms with Gasteiger partial charge in [-0.1, -0.05) is 13.8 Å². The van der Waals surface area contributed by atoms with Crippen LogP contribution in [0.1, 0.15) is 26.7 Å². The highest BCUT2D eigenvalue weighted by Crippen LogP contribution is 2.10. The molecule has 0 aliphatic carbocycles. The van der Waals surface area contributed by atoms with E-state index in [1.165, 1.54) is 12.8 Å². The Labute approximate surface area is 56.8 Å². The Morgan fingerprint density at radius 3 is 2.67 bits per heavy atom. The van der Waals surface area contributed by atoms with E-state index in [4.69, 9.17) is 4.84 Å². The summed E-state index contributed by atoms with van der Waals surface area (Å²) in [7, 11) is 0. The van der Waals surface area contributed by atoms with E-state index in [1.54, 1.807) is 0 Å². The van der Waals surface area contributed by atoms with Crippen LogP contribution in [0.15, 0.2) is 0 Å². The van der Waals surface area contributed by atoms with E-state index >= 15 is 0 Å². The SMILES string of the molecule is CC(C)CCCN1CO1. The third kappa shape index (κ3) is 3.49. The fourth-order valence-corrected chi connectivity index (χ4v) is 0.846. The highest BCUT2D eigenvalue weighted by atomic mass is 16.8. The zero-order valence-electron chi connectivity index (χ0n) is 6.26. The topological polar surface area (TPSA) is 15.5 Å². The van der Waals surface area contributed by atoms with Crippen LogP contribution in [0.3, 0.4) is 0 Å². The average Bonchev–Trinajstić information content (AvgIpc) is 2.48. The lowest BCUT2D eigenvalue weighted by Gasteiger charge is -2.01. The van der Waals surface area contributed by atoms with Crippen molar-refractivity contribution in [3.8, 4) is 0 Å². The number of nitrogens with zero attached hydrogens (tertiary/aromatic N) is 1. The zero-order chi connectivity index (χ0) is 6.69. The maximum absolute atomic E-state index is 4.92. The molecule has 1 heterocycles. The maximum Gasteiger partial charge on any atom is 0.144 e. The maximum atomic E-state index is 4.92. The van der Waals surface area contributed by atoms with E-state index in [2.05, 4.69) is 13.8 Å². The van der Waals surface area contributed by atoms with Crippen LogP contribution in [0.5, 0.6) is 0 Å². The monoisotopic (exact) mass is 129 g/mol. The fourth-order valence-electron chi connectivity index (χ4n) is 0.846. The third-order valence-corrected chi connectivity index (χ3v) is 1.50. The minimum Gasteiger partial charge on any atom is -0.279 e. The van der Waals surface area contributed by atoms with E-state index < -0.39 is 0 Å². The Hall–Kier alpha value is -0.0800. The van der Waals surface area contributed by atoms with Crippen LogP contribution >= 0.6 is 0 Å². The summed E-state index contributed by atoms with van der Waals surface area (Å²) < 4.78 is 0. The molecule has 9 heavy (non-hydrogen) atoms. The Bertz CT molecular complexity index is 77.0. The predicted octanol–water partition coefficient (Wildman–Crippen LogP) is 1.63. The van der Waals surface area contributed by atoms with Crippen molar-refractivity contribution in [2.75, 3.05) is 13.3 Å². The van der Waals surface area contributed by atoms with Gasteiger partial charge in [-0.25, -0.2) is 0 Å². The standard InChI is InChI=1S/C7H15NO/c1-7(2)4-3-5-8-6-9-8/h7H,3-6H2,1-2H3. The fraction of sp³-hybridized carbons (Fsp3) is 1.00. The van der Waals surface area contributed by atoms with Gasteiger partial charge in [-0.2, -0.15) is 5.06 Å². The number of hydrogen-bond donors (Lipinski definition) is 0. The molecule has 0 spiro atoms. The molecule has 1 aliphatic heterocycles. The van der Waals surface area contributed by atoms with E-state index in [-0.39, 0.29) is 0 Å². The van der Waals surface area contributed by atoms with Gasteiger partial charge < -0.3 is 0 Å². The van der Waals surface area contributed by atoms with Crippen LogP contribution in [-0.4, -0.2) is 18.3 Å². The molecule has 0 amide bonds. The minimum atomic E-state index is 0.838. The van der Waals surface area contributed by atoms with Crippen molar-refractivity contribution in [2.24, 2.45) is 5.92 Å². The van der Waals surface area contributed by atoms with Crippen LogP contribution in [0, 0.1) is 5.92 Å². The molecule has 1 fully saturated rings. The van der Waals surface area contributed by atoms with Gasteiger partial charge in [0.1, 0.15) is 6.73 Å². The molecule has 1 saturated heterocycles. The highest BCUT2D eigenvalue weighted by Gasteiger charge is 2.17. The molecule has 1 rings (SSSR count). The van der Waals surface area contributed by atoms with Crippen LogP contribution in [0.2, 0.25) is 0 Å². The van der Waals surface area contributed by atoms with Crippen molar-refractivity contribution in [2.45, 2.75) is 26.7 Å². The van der Waals surface area contributed by atoms with Gasteiger partial charge in [0, 0.05) is 6.54 Å². The molecule has 0 aromatic rings. The first-order valence-electron chi connectivity index (χ1n) is 3.67. The second kappa shape index (κ2) is 3.18. The van der Waals surface area contributed by atoms with Crippen LogP contribution in [-0.2, 0) is 4.84 Å². The van der Waals surface area contributed by atoms with Crippen molar-refractivity contribution in [3.05, 3.63) is 0 Å². The summed E-state index contributed by atoms with van der Waals surface area (Å²) in [5, 5.41) is 1.99. The van der Waals surface area contributed by atoms with E-state index in [0.29, 0.717) is 0 Å². The lowest BCUT2D eigenvalue weighted by atomic mass is 10.1. The summed E-state index contributed by atoms with van der Waals surface area (Å²) in [6.07, 6.45) is 2.59. The van der Waals surface area contributed by atoms with Gasteiger partial charge in [-0.3, -0.25) is 4.84 Å². The number of rotatable bonds is 4. The van der Waals surface area contributed by atoms with Crippen LogP contribution in [0.25, 0.3) is 0 Å². The Morgan fingerprint density at radius 2 is 2.22 bits per heavy atom. The van der Waals surface area contributed by atoms with Gasteiger partial charge in [-0.15, -0.1) is 0 Å². The molecule has 0 N–H and O–H groups in total. The van der Waals surface area contributed by atoms with Crippen molar-refractivity contribution in [1.29, 1.82) is 0 Å². The molecule has 0 radical (unpaired) electrons. The van der Waals surface area contributed by atoms with Gasteiger partial charge in [0.25, 0.3) is 0 Å². The smallest absolute Gasteiger partial charge is 0.144 e. The second-order valence-corrected chi connectivity index (χ2v) is 3.00. The Balaban J connectivity index is 1.81. The molecule has 54 valence electrons. The van der Waals surface area contributed by atoms with Crippen molar-refractivity contribution >= 4 is 0 Å². The molecular weight excluding hydrogens is 114 g/mol. The first kappa shape index (κ1) is 7.03. The Morgan fingerprint density at radius 1 is 1.56 bits per heavy atom. The summed E-state index contributed by atoms with van der Waals surface area (Å²) in [6, 6.07) is 0. The molecule has 0 aromatic heterocycles. The normalized spacial score (nSPS) is 25.0. The van der Waals surface area contributed by atoms with Gasteiger partial charge in [-0.05, 0) is 18.8 Å². The molecular formula is C7H15NO. The average molecular weight is 129 g/mol. The molecule has 0 saturated carbocycles. The molecule has 1 atom stereocenters. The molecule has 1 unspecified atom stereocenters. The summed E-state index contributed by atoms with van der Waals surface area (Å²) >= 11 is 0. The summed E-state index contributed by atoms with van der Waals surface area (Å²) in [6.45, 7) is 6.49. The summed E-state index contributed by atoms with van der Waals surface area (Å²) in [4.78, 5) is 4.92. The van der Waals surface area contributed by atoms with Crippen molar-refractivity contribution in [3.63, 3.8) is 0 Å². The first-order chi connectivity index (χ1) is 4.29. The Kier molecular flexibility index (Phi) is 2.49. The van der Waals surface area contributed by atoms with Crippen molar-refractivity contribution in [1.82, 2.24) is 5.06 Å². The largest absolute Gasteiger partial charge is 0.279 e. The predicted molar refractivity (Wildman–Crippen MR) is 36.7 cm³/mol. The number of hydrogen-bond acceptors (Lipinski definition) is 2. The van der Waals surface area contributed by atoms with E-state index in [9.17, 15) is 0 Å². The zero-order valence-corrected chi connectivity index (χ0v) is 6.26. The van der Waals surface area contributed by atoms with Gasteiger partial charge in [0.2, 0.25) is 0 Å². The quantitative estimate of drug-likeness (QED) is 0.536. The summed E-state index contributed by atoms with van der Waals surface area (Å²) in [5.41, 5.74) is 0. The molecule has 2 nitrogen and oxygen atoms in total. The van der Waals surface area contributed by atoms with Crippen LogP contribution < -0.4 is 0 Å². The first-order valence-corrected chi connectivity index (χ1v) is 3.67. The lowest BCUT2D eigenvalue weighted by Crippen LogP contribution is -1.99. The number of hydroxylamine groups is 2. The second-order valence-electron chi connectivity index (χ2n) is 3.00. The minimum absolute atomic E-state index is 0.838. The van der Waals surface area contributed by atoms with Crippen LogP contribution in [0.4, 0.5) is 0 Å². The van der Waals surface area contributed by atoms with E-state index in [1.807, 2.05) is 5.06 Å². The third-order valence-electron chi connectivity index (χ3n) is 1.50. The van der Waals surface area contributed by atoms with Gasteiger partial charge in [0.15, 0.2) is 0 Å². The molecule has 0 aromatic carbocycles. The van der Waals surface area contributed by atoms with Gasteiger partial charge >= 0.3 is 0 Å².